The highest BCUT2D eigenvalue weighted by Crippen LogP contribution is 2.36. The Kier molecular flexibility index (Phi) is 5.18. The Bertz CT molecular complexity index is 1490. The lowest BCUT2D eigenvalue weighted by atomic mass is 10.2. The zero-order valence-electron chi connectivity index (χ0n) is 17.8. The van der Waals surface area contributed by atoms with Crippen LogP contribution in [-0.2, 0) is 6.54 Å². The molecule has 1 atom stereocenters. The van der Waals surface area contributed by atoms with Gasteiger partial charge in [0, 0.05) is 11.9 Å². The zero-order valence-corrected chi connectivity index (χ0v) is 18.6. The first-order chi connectivity index (χ1) is 15.6. The van der Waals surface area contributed by atoms with Gasteiger partial charge in [-0.2, -0.15) is 0 Å². The fraction of sp³-hybridized carbons (Fsp3) is 0.217. The molecule has 0 radical (unpaired) electrons. The van der Waals surface area contributed by atoms with E-state index in [0.717, 1.165) is 10.5 Å². The number of aromatic amines is 1. The second kappa shape index (κ2) is 8.16. The van der Waals surface area contributed by atoms with E-state index < -0.39 is 0 Å². The minimum Gasteiger partial charge on any atom is -0.493 e. The molecule has 1 unspecified atom stereocenters. The van der Waals surface area contributed by atoms with E-state index >= 15 is 0 Å². The second-order valence-electron chi connectivity index (χ2n) is 7.27. The van der Waals surface area contributed by atoms with Crippen LogP contribution < -0.4 is 10.3 Å². The summed E-state index contributed by atoms with van der Waals surface area (Å²) >= 11 is 1.49. The van der Waals surface area contributed by atoms with Crippen LogP contribution in [0.4, 0.5) is 0 Å². The Morgan fingerprint density at radius 1 is 1.19 bits per heavy atom. The number of nitrogens with zero attached hydrogens (tertiary/aromatic N) is 4. The van der Waals surface area contributed by atoms with Crippen LogP contribution in [0.2, 0.25) is 0 Å². The molecule has 0 saturated carbocycles. The SMILES string of the molecule is CCn1c(SC(C)c2nc3ccccc3c(=O)[nH]2)nnc1-c1cc2cccc(OC)c2o1. The number of hydrogen-bond acceptors (Lipinski definition) is 7. The molecule has 0 saturated heterocycles. The molecule has 0 aliphatic carbocycles. The molecule has 0 aliphatic rings. The summed E-state index contributed by atoms with van der Waals surface area (Å²) in [6, 6.07) is 15.0. The third-order valence-electron chi connectivity index (χ3n) is 5.28. The number of nitrogens with one attached hydrogen (secondary N) is 1. The third-order valence-corrected chi connectivity index (χ3v) is 6.37. The predicted octanol–water partition coefficient (Wildman–Crippen LogP) is 4.81. The van der Waals surface area contributed by atoms with Gasteiger partial charge in [-0.05, 0) is 38.1 Å². The highest BCUT2D eigenvalue weighted by Gasteiger charge is 2.21. The Morgan fingerprint density at radius 3 is 2.84 bits per heavy atom. The fourth-order valence-electron chi connectivity index (χ4n) is 3.66. The third kappa shape index (κ3) is 3.44. The number of ether oxygens (including phenoxy) is 1. The van der Waals surface area contributed by atoms with E-state index in [1.807, 2.05) is 60.9 Å². The molecule has 0 amide bonds. The molecular weight excluding hydrogens is 426 g/mol. The molecule has 9 heteroatoms. The largest absolute Gasteiger partial charge is 0.493 e. The first-order valence-corrected chi connectivity index (χ1v) is 11.1. The topological polar surface area (TPSA) is 98.8 Å². The van der Waals surface area contributed by atoms with E-state index in [9.17, 15) is 4.79 Å². The van der Waals surface area contributed by atoms with Gasteiger partial charge in [-0.25, -0.2) is 4.98 Å². The normalized spacial score (nSPS) is 12.5. The van der Waals surface area contributed by atoms with Gasteiger partial charge >= 0.3 is 0 Å². The van der Waals surface area contributed by atoms with Crippen molar-refractivity contribution >= 4 is 33.6 Å². The lowest BCUT2D eigenvalue weighted by molar-refractivity contribution is 0.410. The monoisotopic (exact) mass is 447 g/mol. The summed E-state index contributed by atoms with van der Waals surface area (Å²) in [5, 5.41) is 10.9. The van der Waals surface area contributed by atoms with Crippen molar-refractivity contribution in [3.05, 3.63) is 64.7 Å². The molecular formula is C23H21N5O3S. The number of benzene rings is 2. The Balaban J connectivity index is 1.49. The van der Waals surface area contributed by atoms with Crippen molar-refractivity contribution < 1.29 is 9.15 Å². The molecule has 32 heavy (non-hydrogen) atoms. The quantitative estimate of drug-likeness (QED) is 0.373. The lowest BCUT2D eigenvalue weighted by Gasteiger charge is -2.12. The van der Waals surface area contributed by atoms with Gasteiger partial charge in [-0.15, -0.1) is 10.2 Å². The maximum atomic E-state index is 12.4. The van der Waals surface area contributed by atoms with Gasteiger partial charge < -0.3 is 14.1 Å². The summed E-state index contributed by atoms with van der Waals surface area (Å²) in [4.78, 5) is 20.0. The van der Waals surface area contributed by atoms with Gasteiger partial charge in [0.1, 0.15) is 5.82 Å². The Hall–Kier alpha value is -3.59. The smallest absolute Gasteiger partial charge is 0.258 e. The number of thioether (sulfide) groups is 1. The summed E-state index contributed by atoms with van der Waals surface area (Å²) in [5.74, 6) is 2.53. The van der Waals surface area contributed by atoms with E-state index in [1.54, 1.807) is 13.2 Å². The van der Waals surface area contributed by atoms with Crippen LogP contribution in [0.1, 0.15) is 24.9 Å². The maximum absolute atomic E-state index is 12.4. The Labute approximate surface area is 187 Å². The number of fused-ring (bicyclic) bond motifs is 2. The van der Waals surface area contributed by atoms with Crippen LogP contribution in [0.25, 0.3) is 33.5 Å². The van der Waals surface area contributed by atoms with E-state index in [2.05, 4.69) is 20.2 Å². The average molecular weight is 448 g/mol. The van der Waals surface area contributed by atoms with Crippen LogP contribution in [0.15, 0.2) is 62.9 Å². The molecule has 0 spiro atoms. The van der Waals surface area contributed by atoms with Crippen molar-refractivity contribution in [2.45, 2.75) is 30.8 Å². The summed E-state index contributed by atoms with van der Waals surface area (Å²) in [6.07, 6.45) is 0. The average Bonchev–Trinajstić information content (AvgIpc) is 3.42. The standard InChI is InChI=1S/C23H21N5O3S/c1-4-28-21(18-12-14-8-7-11-17(30-3)19(14)31-18)26-27-23(28)32-13(2)20-24-16-10-6-5-9-15(16)22(29)25-20/h5-13H,4H2,1-3H3,(H,24,25,29). The molecule has 0 fully saturated rings. The molecule has 5 aromatic rings. The van der Waals surface area contributed by atoms with Gasteiger partial charge in [0.25, 0.3) is 5.56 Å². The first-order valence-electron chi connectivity index (χ1n) is 10.2. The zero-order chi connectivity index (χ0) is 22.2. The number of rotatable bonds is 6. The highest BCUT2D eigenvalue weighted by molar-refractivity contribution is 7.99. The minimum absolute atomic E-state index is 0.134. The van der Waals surface area contributed by atoms with Gasteiger partial charge in [0.05, 0.1) is 23.3 Å². The maximum Gasteiger partial charge on any atom is 0.258 e. The molecule has 8 nitrogen and oxygen atoms in total. The van der Waals surface area contributed by atoms with Crippen LogP contribution >= 0.6 is 11.8 Å². The van der Waals surface area contributed by atoms with E-state index in [1.165, 1.54) is 11.8 Å². The van der Waals surface area contributed by atoms with Crippen LogP contribution in [-0.4, -0.2) is 31.8 Å². The number of hydrogen-bond donors (Lipinski definition) is 1. The van der Waals surface area contributed by atoms with E-state index in [0.29, 0.717) is 46.2 Å². The highest BCUT2D eigenvalue weighted by atomic mass is 32.2. The molecule has 2 aromatic carbocycles. The summed E-state index contributed by atoms with van der Waals surface area (Å²) < 4.78 is 13.5. The predicted molar refractivity (Wildman–Crippen MR) is 124 cm³/mol. The second-order valence-corrected chi connectivity index (χ2v) is 8.58. The van der Waals surface area contributed by atoms with E-state index in [-0.39, 0.29) is 10.8 Å². The van der Waals surface area contributed by atoms with Crippen molar-refractivity contribution in [3.63, 3.8) is 0 Å². The number of methoxy groups -OCH3 is 1. The van der Waals surface area contributed by atoms with Crippen molar-refractivity contribution in [1.29, 1.82) is 0 Å². The number of para-hydroxylation sites is 2. The number of furan rings is 1. The van der Waals surface area contributed by atoms with E-state index in [4.69, 9.17) is 9.15 Å². The van der Waals surface area contributed by atoms with Crippen LogP contribution in [0, 0.1) is 0 Å². The molecule has 3 aromatic heterocycles. The fourth-order valence-corrected chi connectivity index (χ4v) is 4.63. The Morgan fingerprint density at radius 2 is 2.03 bits per heavy atom. The molecule has 0 aliphatic heterocycles. The van der Waals surface area contributed by atoms with Gasteiger partial charge in [0.15, 0.2) is 22.2 Å². The van der Waals surface area contributed by atoms with Gasteiger partial charge in [-0.1, -0.05) is 36.0 Å². The minimum atomic E-state index is -0.146. The first kappa shape index (κ1) is 20.3. The van der Waals surface area contributed by atoms with Gasteiger partial charge in [-0.3, -0.25) is 9.36 Å². The molecule has 0 bridgehead atoms. The van der Waals surface area contributed by atoms with Gasteiger partial charge in [0.2, 0.25) is 5.82 Å². The van der Waals surface area contributed by atoms with Crippen molar-refractivity contribution in [3.8, 4) is 17.3 Å². The van der Waals surface area contributed by atoms with Crippen molar-refractivity contribution in [1.82, 2.24) is 24.7 Å². The molecule has 1 N–H and O–H groups in total. The number of H-pyrrole nitrogens is 1. The summed E-state index contributed by atoms with van der Waals surface area (Å²) in [7, 11) is 1.62. The van der Waals surface area contributed by atoms with Crippen LogP contribution in [0.3, 0.4) is 0 Å². The summed E-state index contributed by atoms with van der Waals surface area (Å²) in [5.41, 5.74) is 1.20. The summed E-state index contributed by atoms with van der Waals surface area (Å²) in [6.45, 7) is 4.67. The lowest BCUT2D eigenvalue weighted by Crippen LogP contribution is -2.13. The molecule has 162 valence electrons. The molecule has 3 heterocycles. The van der Waals surface area contributed by atoms with Crippen molar-refractivity contribution in [2.24, 2.45) is 0 Å². The number of aromatic nitrogens is 5. The van der Waals surface area contributed by atoms with Crippen LogP contribution in [0.5, 0.6) is 5.75 Å². The molecule has 5 rings (SSSR count). The van der Waals surface area contributed by atoms with Crippen molar-refractivity contribution in [2.75, 3.05) is 7.11 Å².